The number of hydrogen-bond donors (Lipinski definition) is 12. The second-order valence-corrected chi connectivity index (χ2v) is 25.8. The molecule has 0 aliphatic carbocycles. The Bertz CT molecular complexity index is 3170. The van der Waals surface area contributed by atoms with Crippen LogP contribution in [0, 0.1) is 31.6 Å². The first kappa shape index (κ1) is 125. The molecule has 15 N–H and O–H groups in total. The first-order valence-electron chi connectivity index (χ1n) is 31.1. The van der Waals surface area contributed by atoms with Gasteiger partial charge >= 0.3 is 43.1 Å². The average molecular weight is 1590 g/mol. The molecule has 0 spiro atoms. The summed E-state index contributed by atoms with van der Waals surface area (Å²) in [6, 6.07) is -1.92. The smallest absolute Gasteiger partial charge is 0.870 e. The van der Waals surface area contributed by atoms with Crippen LogP contribution in [0.4, 0.5) is 14.4 Å². The summed E-state index contributed by atoms with van der Waals surface area (Å²) in [7, 11) is -3.67. The van der Waals surface area contributed by atoms with Gasteiger partial charge in [0.15, 0.2) is 29.0 Å². The molecule has 3 aromatic heterocycles. The summed E-state index contributed by atoms with van der Waals surface area (Å²) in [4.78, 5) is 137. The van der Waals surface area contributed by atoms with Crippen LogP contribution in [0.3, 0.4) is 0 Å². The number of aryl methyl sites for hydroxylation is 3. The van der Waals surface area contributed by atoms with Crippen LogP contribution in [0.25, 0.3) is 0 Å². The predicted octanol–water partition coefficient (Wildman–Crippen LogP) is 2.15. The van der Waals surface area contributed by atoms with Crippen molar-refractivity contribution in [3.05, 3.63) is 36.5 Å². The van der Waals surface area contributed by atoms with E-state index in [-0.39, 0.29) is 126 Å². The Morgan fingerprint density at radius 1 is 0.598 bits per heavy atom. The fourth-order valence-corrected chi connectivity index (χ4v) is 4.17. The number of aromatic nitrogens is 9. The maximum absolute atomic E-state index is 11.1. The Kier molecular flexibility index (Phi) is 78.7. The molecule has 0 unspecified atom stereocenters. The first-order valence-corrected chi connectivity index (χ1v) is 32.9. The number of ketones is 7. The van der Waals surface area contributed by atoms with E-state index in [2.05, 4.69) is 67.1 Å². The summed E-state index contributed by atoms with van der Waals surface area (Å²) >= 11 is 0. The zero-order valence-electron chi connectivity index (χ0n) is 67.7. The van der Waals surface area contributed by atoms with E-state index in [1.165, 1.54) is 70.5 Å². The zero-order chi connectivity index (χ0) is 83.3. The number of Topliss-reactive ketones (excluding diaryl/α,β-unsaturated/α-hetero) is 7. The van der Waals surface area contributed by atoms with Crippen LogP contribution in [0.5, 0.6) is 0 Å². The van der Waals surface area contributed by atoms with Crippen molar-refractivity contribution in [1.82, 2.24) is 76.7 Å². The maximum Gasteiger partial charge on any atom is 1.00 e. The standard InChI is InChI=1S/C9H18N2O3.C9H16N2O3.C7H11N3O.C7H14N2O.C6H9N3O2.C6H8N3O.C5H12N2O2.C4H10N2O.C4H9NO.C4H6O2.CH4O3S.ClH.Li.H2O.H2S/c2*1-6(7(2)12)10-11-8(13)14-9(3,4)5;1-5(6(2)11)10-4-8-7(3)9-10;1-5(8)4-9-6(2)7(3)10;1-4(6(10)11)9-3-7-5(2)8-9;1-5(3-10)9-4-7-6(2)8-9;1-5(2,3)9-4(8)7-6;1-3(6-5)4(2)7;1-3-6-4(2)5;1-3(5)4(2)6;1-5(2,3)4;;;;/h6,10H,1-5H3,(H,11,13);1-5H3,(H,11,13);4-5H,1-3H3;6,8-9H,4H2,1-3H3;3-4H,1-2H3,(H,10,11);4-5H,1-2H3;6H2,1-3H3,(H,7,8);3,6H,5H2,1-2H3;5H,3H2,1-2H3;1-2H3;1H3,(H,2,3,4);1H;;2*1H2/q;;;;;-1;;;;;;;+1;;/p-1/b;10-6+;;;;;;;;;;;;;/t6-;;5-;6-;4-;5-;;3-;;;;;;;/m0.0000.0......./s1. The summed E-state index contributed by atoms with van der Waals surface area (Å²) in [6.45, 7) is 49.0. The van der Waals surface area contributed by atoms with Gasteiger partial charge in [0.25, 0.3) is 10.1 Å². The van der Waals surface area contributed by atoms with Crippen molar-refractivity contribution in [1.29, 1.82) is 10.8 Å². The summed E-state index contributed by atoms with van der Waals surface area (Å²) in [6.07, 6.45) is 5.15. The number of ether oxygens (including phenoxy) is 4. The number of carboxylic acid groups (broad SMARTS) is 1. The van der Waals surface area contributed by atoms with Gasteiger partial charge in [-0.1, -0.05) is 6.92 Å². The number of carboxylic acids is 1. The van der Waals surface area contributed by atoms with Crippen molar-refractivity contribution in [3.63, 3.8) is 0 Å². The van der Waals surface area contributed by atoms with Crippen LogP contribution in [0.1, 0.15) is 216 Å². The van der Waals surface area contributed by atoms with Gasteiger partial charge in [-0.05, 0) is 172 Å². The third kappa shape index (κ3) is 93.8. The molecule has 45 heteroatoms. The Hall–Kier alpha value is -8.22. The van der Waals surface area contributed by atoms with Crippen LogP contribution in [-0.2, 0) is 72.2 Å². The summed E-state index contributed by atoms with van der Waals surface area (Å²) in [5.74, 6) is 10.2. The van der Waals surface area contributed by atoms with Gasteiger partial charge in [0.05, 0.1) is 31.0 Å². The molecule has 3 rings (SSSR count). The summed E-state index contributed by atoms with van der Waals surface area (Å²) < 4.78 is 49.4. The van der Waals surface area contributed by atoms with Crippen LogP contribution < -0.4 is 63.0 Å². The van der Waals surface area contributed by atoms with Crippen LogP contribution in [-0.4, -0.2) is 211 Å². The SMILES string of the molecule is CC(=N)CN[C@@H](C)C(C)=O.CC(=O)/C(C)=N/NC(=O)OC(C)(C)C.CC(=O)C(C)=O.CC(=O)[C@H](C)NN.CC(=O)[C@H](C)NNC(=O)OC(C)(C)C.CC(=O)[C@H](C)n1cnc(C)n1.CC(C)(C)OC(=O)NN.CCOC(C)=N.CS(=O)(=O)O.Cc1ncn([C@@H](C)C(=O)O)n1.Cc1ncn([C@@H](C)[C-]=O)n1.Cl.S.[Li+].[OH-]. The molecule has 0 aromatic carbocycles. The molecular weight excluding hydrogens is 1470 g/mol. The molecule has 0 fully saturated rings. The second-order valence-electron chi connectivity index (χ2n) is 24.4. The van der Waals surface area contributed by atoms with Crippen LogP contribution in [0.2, 0.25) is 0 Å². The number of halogens is 1. The molecule has 0 saturated carbocycles. The first-order chi connectivity index (χ1) is 46.5. The molecule has 0 saturated heterocycles. The molecule has 41 nitrogen and oxygen atoms in total. The van der Waals surface area contributed by atoms with Crippen molar-refractivity contribution >= 4 is 124 Å². The van der Waals surface area contributed by atoms with E-state index in [0.29, 0.717) is 42.6 Å². The van der Waals surface area contributed by atoms with E-state index in [4.69, 9.17) is 46.4 Å². The normalized spacial score (nSPS) is 11.6. The minimum absolute atomic E-state index is 0. The molecule has 0 aliphatic rings. The minimum atomic E-state index is -3.67. The largest absolute Gasteiger partial charge is 1.00 e. The Morgan fingerprint density at radius 3 is 1.15 bits per heavy atom. The van der Waals surface area contributed by atoms with E-state index < -0.39 is 63.3 Å². The molecule has 6 atom stereocenters. The number of hydrogen-bond acceptors (Lipinski definition) is 33. The van der Waals surface area contributed by atoms with Crippen molar-refractivity contribution < 1.29 is 119 Å². The van der Waals surface area contributed by atoms with E-state index in [1.54, 1.807) is 163 Å². The predicted molar refractivity (Wildman–Crippen MR) is 404 cm³/mol. The molecule has 3 heterocycles. The molecule has 3 amide bonds. The molecular formula is C62H121ClLiN20O21S2-. The number of amides is 3. The molecule has 3 aromatic rings. The average Bonchev–Trinajstić information content (AvgIpc) is 1.78. The number of nitrogens with zero attached hydrogens (tertiary/aromatic N) is 10. The fourth-order valence-electron chi connectivity index (χ4n) is 4.17. The Morgan fingerprint density at radius 2 is 0.935 bits per heavy atom. The molecule has 616 valence electrons. The van der Waals surface area contributed by atoms with Crippen molar-refractivity contribution in [2.45, 2.75) is 254 Å². The van der Waals surface area contributed by atoms with Crippen LogP contribution in [0.15, 0.2) is 24.1 Å². The Balaban J connectivity index is -0.0000000935. The quantitative estimate of drug-likeness (QED) is 0.00781. The monoisotopic (exact) mass is 1590 g/mol. The number of nitrogens with one attached hydrogen (secondary N) is 8. The molecule has 0 radical (unpaired) electrons. The fraction of sp³-hybridized carbons (Fsp3) is 0.661. The van der Waals surface area contributed by atoms with E-state index in [9.17, 15) is 66.0 Å². The number of rotatable bonds is 19. The van der Waals surface area contributed by atoms with Gasteiger partial charge in [0.2, 0.25) is 0 Å². The summed E-state index contributed by atoms with van der Waals surface area (Å²) in [5, 5.41) is 40.5. The number of aliphatic carboxylic acids is 1. The zero-order valence-corrected chi connectivity index (χ0v) is 70.4. The second kappa shape index (κ2) is 67.2. The number of hydrazone groups is 1. The van der Waals surface area contributed by atoms with Crippen molar-refractivity contribution in [2.24, 2.45) is 16.8 Å². The van der Waals surface area contributed by atoms with Gasteiger partial charge in [-0.2, -0.15) is 42.3 Å². The molecule has 0 bridgehead atoms. The number of carbonyl (C=O) groups is 11. The van der Waals surface area contributed by atoms with Gasteiger partial charge in [0.1, 0.15) is 88.4 Å². The number of hydrazine groups is 3. The van der Waals surface area contributed by atoms with Gasteiger partial charge in [-0.15, -0.1) is 12.4 Å². The van der Waals surface area contributed by atoms with E-state index >= 15 is 0 Å². The van der Waals surface area contributed by atoms with Crippen molar-refractivity contribution in [2.75, 3.05) is 19.4 Å². The third-order valence-electron chi connectivity index (χ3n) is 10.3. The number of carbonyl (C=O) groups excluding carboxylic acids is 11. The summed E-state index contributed by atoms with van der Waals surface area (Å²) in [5.41, 5.74) is 10.3. The van der Waals surface area contributed by atoms with Crippen molar-refractivity contribution in [3.8, 4) is 0 Å². The Labute approximate surface area is 654 Å². The van der Waals surface area contributed by atoms with Gasteiger partial charge in [-0.25, -0.2) is 66.5 Å². The topological polar surface area (TPSA) is 623 Å². The van der Waals surface area contributed by atoms with E-state index in [0.717, 1.165) is 0 Å². The van der Waals surface area contributed by atoms with Gasteiger partial charge in [0, 0.05) is 40.0 Å². The van der Waals surface area contributed by atoms with Gasteiger partial charge in [-0.3, -0.25) is 70.3 Å². The van der Waals surface area contributed by atoms with Gasteiger partial charge < -0.3 is 45.1 Å². The third-order valence-corrected chi connectivity index (χ3v) is 10.3. The molecule has 0 aliphatic heterocycles. The minimum Gasteiger partial charge on any atom is -0.870 e. The number of nitrogens with two attached hydrogens (primary N) is 2. The van der Waals surface area contributed by atoms with Crippen LogP contribution >= 0.6 is 25.9 Å². The van der Waals surface area contributed by atoms with E-state index in [1.807, 2.05) is 12.3 Å². The maximum atomic E-state index is 11.1. The molecule has 107 heavy (non-hydrogen) atoms.